The number of allylic oxidation sites excluding steroid dienone is 1. The molecule has 0 radical (unpaired) electrons. The molecule has 1 atom stereocenters. The van der Waals surface area contributed by atoms with E-state index >= 15 is 0 Å². The standard InChI is InChI=1S/C10H21NOSSi/c1-6-7-8-9(10(12)13)11(2)14(3,4)5/h6,9H,1,7-8H2,2-5H3,(H,12,13). The van der Waals surface area contributed by atoms with Crippen molar-refractivity contribution in [1.29, 1.82) is 0 Å². The summed E-state index contributed by atoms with van der Waals surface area (Å²) in [6.07, 6.45) is 3.61. The molecule has 0 aromatic carbocycles. The van der Waals surface area contributed by atoms with E-state index in [-0.39, 0.29) is 11.1 Å². The Morgan fingerprint density at radius 2 is 2.07 bits per heavy atom. The van der Waals surface area contributed by atoms with Crippen molar-refractivity contribution < 1.29 is 5.11 Å². The molecule has 1 unspecified atom stereocenters. The van der Waals surface area contributed by atoms with Gasteiger partial charge in [-0.2, -0.15) is 0 Å². The van der Waals surface area contributed by atoms with Gasteiger partial charge in [0.1, 0.15) is 8.24 Å². The van der Waals surface area contributed by atoms with Crippen LogP contribution < -0.4 is 0 Å². The first-order chi connectivity index (χ1) is 6.30. The molecule has 0 aromatic heterocycles. The quantitative estimate of drug-likeness (QED) is 0.432. The van der Waals surface area contributed by atoms with E-state index in [1.165, 1.54) is 0 Å². The summed E-state index contributed by atoms with van der Waals surface area (Å²) in [5.41, 5.74) is 0. The van der Waals surface area contributed by atoms with E-state index in [0.717, 1.165) is 12.8 Å². The summed E-state index contributed by atoms with van der Waals surface area (Å²) in [5, 5.41) is 9.56. The first-order valence-electron chi connectivity index (χ1n) is 4.87. The van der Waals surface area contributed by atoms with Gasteiger partial charge in [0.25, 0.3) is 0 Å². The number of aliphatic hydroxyl groups is 1. The molecule has 0 amide bonds. The molecular formula is C10H21NOSSi. The van der Waals surface area contributed by atoms with Crippen LogP contribution in [0.3, 0.4) is 0 Å². The molecule has 0 heterocycles. The van der Waals surface area contributed by atoms with Crippen molar-refractivity contribution in [3.8, 4) is 0 Å². The largest absolute Gasteiger partial charge is 0.501 e. The summed E-state index contributed by atoms with van der Waals surface area (Å²) in [6, 6.07) is 0.00895. The summed E-state index contributed by atoms with van der Waals surface area (Å²) >= 11 is 4.88. The molecule has 0 saturated heterocycles. The minimum Gasteiger partial charge on any atom is -0.501 e. The highest BCUT2D eigenvalue weighted by Crippen LogP contribution is 2.15. The molecule has 0 aliphatic heterocycles. The van der Waals surface area contributed by atoms with E-state index in [1.807, 2.05) is 13.1 Å². The lowest BCUT2D eigenvalue weighted by Crippen LogP contribution is -2.52. The summed E-state index contributed by atoms with van der Waals surface area (Å²) in [4.78, 5) is 0. The molecule has 0 aliphatic carbocycles. The summed E-state index contributed by atoms with van der Waals surface area (Å²) in [6.45, 7) is 10.4. The van der Waals surface area contributed by atoms with Crippen LogP contribution >= 0.6 is 12.2 Å². The van der Waals surface area contributed by atoms with E-state index in [1.54, 1.807) is 0 Å². The fourth-order valence-electron chi connectivity index (χ4n) is 1.23. The van der Waals surface area contributed by atoms with E-state index < -0.39 is 8.24 Å². The Kier molecular flexibility index (Phi) is 5.55. The van der Waals surface area contributed by atoms with Crippen LogP contribution in [0.5, 0.6) is 0 Å². The molecule has 0 saturated carbocycles. The average Bonchev–Trinajstić information content (AvgIpc) is 2.02. The van der Waals surface area contributed by atoms with E-state index in [2.05, 4.69) is 30.8 Å². The lowest BCUT2D eigenvalue weighted by molar-refractivity contribution is 0.384. The lowest BCUT2D eigenvalue weighted by Gasteiger charge is -2.36. The molecular weight excluding hydrogens is 210 g/mol. The predicted molar refractivity (Wildman–Crippen MR) is 69.6 cm³/mol. The Morgan fingerprint density at radius 3 is 2.36 bits per heavy atom. The second-order valence-electron chi connectivity index (χ2n) is 4.50. The number of thiocarbonyl (C=S) groups is 1. The molecule has 0 rings (SSSR count). The third-order valence-electron chi connectivity index (χ3n) is 2.45. The minimum atomic E-state index is -1.38. The number of aliphatic hydroxyl groups excluding tert-OH is 1. The first kappa shape index (κ1) is 13.8. The summed E-state index contributed by atoms with van der Waals surface area (Å²) in [7, 11) is 0.659. The molecule has 0 bridgehead atoms. The maximum Gasteiger partial charge on any atom is 0.173 e. The highest BCUT2D eigenvalue weighted by atomic mass is 32.1. The zero-order chi connectivity index (χ0) is 11.4. The normalized spacial score (nSPS) is 14.1. The van der Waals surface area contributed by atoms with E-state index in [0.29, 0.717) is 0 Å². The molecule has 14 heavy (non-hydrogen) atoms. The van der Waals surface area contributed by atoms with Gasteiger partial charge in [-0.1, -0.05) is 25.7 Å². The van der Waals surface area contributed by atoms with Crippen molar-refractivity contribution >= 4 is 25.5 Å². The van der Waals surface area contributed by atoms with Gasteiger partial charge in [0.15, 0.2) is 5.05 Å². The van der Waals surface area contributed by atoms with Gasteiger partial charge in [0.05, 0.1) is 6.04 Å². The van der Waals surface area contributed by atoms with Gasteiger partial charge >= 0.3 is 0 Å². The van der Waals surface area contributed by atoms with Crippen molar-refractivity contribution in [1.82, 2.24) is 4.57 Å². The van der Waals surface area contributed by atoms with Gasteiger partial charge in [-0.05, 0) is 32.1 Å². The minimum absolute atomic E-state index is 0.00895. The van der Waals surface area contributed by atoms with Crippen molar-refractivity contribution in [3.63, 3.8) is 0 Å². The molecule has 4 heteroatoms. The van der Waals surface area contributed by atoms with Crippen LogP contribution in [0.15, 0.2) is 12.7 Å². The van der Waals surface area contributed by atoms with Crippen molar-refractivity contribution in [3.05, 3.63) is 12.7 Å². The highest BCUT2D eigenvalue weighted by Gasteiger charge is 2.28. The Bertz CT molecular complexity index is 213. The number of rotatable bonds is 6. The average molecular weight is 231 g/mol. The molecule has 0 aromatic rings. The van der Waals surface area contributed by atoms with Crippen LogP contribution in [0, 0.1) is 0 Å². The maximum absolute atomic E-state index is 9.45. The Balaban J connectivity index is 4.49. The molecule has 1 N–H and O–H groups in total. The fourth-order valence-corrected chi connectivity index (χ4v) is 2.78. The van der Waals surface area contributed by atoms with Gasteiger partial charge in [-0.25, -0.2) is 0 Å². The molecule has 0 spiro atoms. The first-order valence-corrected chi connectivity index (χ1v) is 8.73. The van der Waals surface area contributed by atoms with Crippen LogP contribution in [0.4, 0.5) is 0 Å². The zero-order valence-electron chi connectivity index (χ0n) is 9.58. The smallest absolute Gasteiger partial charge is 0.173 e. The van der Waals surface area contributed by atoms with Crippen molar-refractivity contribution in [2.75, 3.05) is 7.05 Å². The van der Waals surface area contributed by atoms with Gasteiger partial charge in [0.2, 0.25) is 0 Å². The van der Waals surface area contributed by atoms with Crippen LogP contribution in [-0.4, -0.2) is 36.0 Å². The topological polar surface area (TPSA) is 23.5 Å². The van der Waals surface area contributed by atoms with E-state index in [4.69, 9.17) is 12.2 Å². The Labute approximate surface area is 93.7 Å². The van der Waals surface area contributed by atoms with Gasteiger partial charge in [-0.15, -0.1) is 6.58 Å². The van der Waals surface area contributed by atoms with E-state index in [9.17, 15) is 5.11 Å². The molecule has 0 fully saturated rings. The predicted octanol–water partition coefficient (Wildman–Crippen LogP) is 2.97. The van der Waals surface area contributed by atoms with Gasteiger partial charge < -0.3 is 9.67 Å². The highest BCUT2D eigenvalue weighted by molar-refractivity contribution is 7.80. The number of nitrogens with zero attached hydrogens (tertiary/aromatic N) is 1. The van der Waals surface area contributed by atoms with Crippen LogP contribution in [0.1, 0.15) is 12.8 Å². The number of hydrogen-bond acceptors (Lipinski definition) is 2. The molecule has 2 nitrogen and oxygen atoms in total. The SMILES string of the molecule is C=CCCC(C(O)=S)N(C)[Si](C)(C)C. The fraction of sp³-hybridized carbons (Fsp3) is 0.700. The third kappa shape index (κ3) is 4.35. The molecule has 0 aliphatic rings. The lowest BCUT2D eigenvalue weighted by atomic mass is 10.2. The van der Waals surface area contributed by atoms with Gasteiger partial charge in [-0.3, -0.25) is 0 Å². The van der Waals surface area contributed by atoms with Crippen LogP contribution in [0.25, 0.3) is 0 Å². The van der Waals surface area contributed by atoms with Crippen molar-refractivity contribution in [2.45, 2.75) is 38.5 Å². The Hall–Kier alpha value is -0.193. The van der Waals surface area contributed by atoms with Crippen LogP contribution in [-0.2, 0) is 0 Å². The third-order valence-corrected chi connectivity index (χ3v) is 5.15. The summed E-state index contributed by atoms with van der Waals surface area (Å²) in [5.74, 6) is 0. The second kappa shape index (κ2) is 5.63. The van der Waals surface area contributed by atoms with Gasteiger partial charge in [0, 0.05) is 0 Å². The molecule has 82 valence electrons. The van der Waals surface area contributed by atoms with Crippen molar-refractivity contribution in [2.24, 2.45) is 0 Å². The summed E-state index contributed by atoms with van der Waals surface area (Å²) < 4.78 is 2.23. The number of likely N-dealkylation sites (N-methyl/N-ethyl adjacent to an activating group) is 1. The number of hydrogen-bond donors (Lipinski definition) is 1. The Morgan fingerprint density at radius 1 is 1.57 bits per heavy atom. The van der Waals surface area contributed by atoms with Crippen LogP contribution in [0.2, 0.25) is 19.6 Å². The monoisotopic (exact) mass is 231 g/mol. The zero-order valence-corrected chi connectivity index (χ0v) is 11.4. The second-order valence-corrected chi connectivity index (χ2v) is 9.97. The maximum atomic E-state index is 9.45.